The summed E-state index contributed by atoms with van der Waals surface area (Å²) < 4.78 is 0. The van der Waals surface area contributed by atoms with E-state index in [0.717, 1.165) is 17.2 Å². The smallest absolute Gasteiger partial charge is 0.228 e. The van der Waals surface area contributed by atoms with Gasteiger partial charge in [-0.15, -0.1) is 0 Å². The molecule has 0 bridgehead atoms. The number of anilines is 1. The SMILES string of the molecule is CNC(c1ccc2c(c1)CC(=O)N2)C1CCCCCC1. The van der Waals surface area contributed by atoms with Crippen molar-refractivity contribution in [2.45, 2.75) is 51.0 Å². The van der Waals surface area contributed by atoms with Crippen molar-refractivity contribution in [3.8, 4) is 0 Å². The maximum Gasteiger partial charge on any atom is 0.228 e. The number of fused-ring (bicyclic) bond motifs is 1. The van der Waals surface area contributed by atoms with Gasteiger partial charge in [-0.05, 0) is 43.0 Å². The van der Waals surface area contributed by atoms with E-state index >= 15 is 0 Å². The van der Waals surface area contributed by atoms with Gasteiger partial charge in [-0.1, -0.05) is 37.8 Å². The number of hydrogen-bond donors (Lipinski definition) is 2. The van der Waals surface area contributed by atoms with Gasteiger partial charge in [-0.3, -0.25) is 4.79 Å². The van der Waals surface area contributed by atoms with Crippen LogP contribution in [0.1, 0.15) is 55.7 Å². The van der Waals surface area contributed by atoms with Gasteiger partial charge in [0, 0.05) is 11.7 Å². The molecule has 0 saturated heterocycles. The van der Waals surface area contributed by atoms with Crippen molar-refractivity contribution in [3.05, 3.63) is 29.3 Å². The normalized spacial score (nSPS) is 21.1. The first-order chi connectivity index (χ1) is 9.78. The summed E-state index contributed by atoms with van der Waals surface area (Å²) in [5, 5.41) is 6.42. The molecule has 0 radical (unpaired) electrons. The van der Waals surface area contributed by atoms with Gasteiger partial charge in [0.15, 0.2) is 0 Å². The molecule has 1 heterocycles. The molecule has 3 nitrogen and oxygen atoms in total. The van der Waals surface area contributed by atoms with Crippen LogP contribution >= 0.6 is 0 Å². The monoisotopic (exact) mass is 272 g/mol. The second-order valence-electron chi connectivity index (χ2n) is 6.16. The Kier molecular flexibility index (Phi) is 4.06. The van der Waals surface area contributed by atoms with Gasteiger partial charge in [0.2, 0.25) is 5.91 Å². The average Bonchev–Trinajstić information content (AvgIpc) is 2.63. The molecule has 108 valence electrons. The average molecular weight is 272 g/mol. The van der Waals surface area contributed by atoms with Crippen molar-refractivity contribution >= 4 is 11.6 Å². The number of amides is 1. The molecule has 1 aliphatic carbocycles. The van der Waals surface area contributed by atoms with Crippen LogP contribution in [0.15, 0.2) is 18.2 Å². The molecule has 1 atom stereocenters. The van der Waals surface area contributed by atoms with Gasteiger partial charge >= 0.3 is 0 Å². The number of carbonyl (C=O) groups is 1. The Bertz CT molecular complexity index is 490. The topological polar surface area (TPSA) is 41.1 Å². The molecule has 1 fully saturated rings. The van der Waals surface area contributed by atoms with Crippen LogP contribution in [-0.4, -0.2) is 13.0 Å². The fourth-order valence-corrected chi connectivity index (χ4v) is 3.76. The molecule has 3 rings (SSSR count). The second-order valence-corrected chi connectivity index (χ2v) is 6.16. The Hall–Kier alpha value is -1.35. The molecule has 1 aliphatic heterocycles. The second kappa shape index (κ2) is 5.96. The van der Waals surface area contributed by atoms with E-state index in [9.17, 15) is 4.79 Å². The molecule has 1 unspecified atom stereocenters. The maximum absolute atomic E-state index is 11.5. The molecule has 1 aromatic carbocycles. The molecule has 1 amide bonds. The molecule has 0 aromatic heterocycles. The predicted octanol–water partition coefficient (Wildman–Crippen LogP) is 3.41. The zero-order valence-corrected chi connectivity index (χ0v) is 12.2. The number of hydrogen-bond acceptors (Lipinski definition) is 2. The van der Waals surface area contributed by atoms with Gasteiger partial charge in [0.05, 0.1) is 6.42 Å². The van der Waals surface area contributed by atoms with Gasteiger partial charge in [0.25, 0.3) is 0 Å². The molecule has 1 aromatic rings. The Morgan fingerprint density at radius 1 is 1.20 bits per heavy atom. The third-order valence-corrected chi connectivity index (χ3v) is 4.80. The van der Waals surface area contributed by atoms with Gasteiger partial charge in [-0.2, -0.15) is 0 Å². The summed E-state index contributed by atoms with van der Waals surface area (Å²) in [6.45, 7) is 0. The lowest BCUT2D eigenvalue weighted by molar-refractivity contribution is -0.115. The molecule has 0 spiro atoms. The molecular formula is C17H24N2O. The summed E-state index contributed by atoms with van der Waals surface area (Å²) in [5.41, 5.74) is 3.49. The van der Waals surface area contributed by atoms with E-state index < -0.39 is 0 Å². The van der Waals surface area contributed by atoms with Crippen molar-refractivity contribution in [1.82, 2.24) is 5.32 Å². The predicted molar refractivity (Wildman–Crippen MR) is 81.8 cm³/mol. The largest absolute Gasteiger partial charge is 0.326 e. The fourth-order valence-electron chi connectivity index (χ4n) is 3.76. The summed E-state index contributed by atoms with van der Waals surface area (Å²) in [6.07, 6.45) is 8.65. The summed E-state index contributed by atoms with van der Waals surface area (Å²) in [5.74, 6) is 0.846. The van der Waals surface area contributed by atoms with E-state index in [1.165, 1.54) is 44.1 Å². The first-order valence-corrected chi connectivity index (χ1v) is 7.88. The molecule has 2 N–H and O–H groups in total. The van der Waals surface area contributed by atoms with Gasteiger partial charge in [0.1, 0.15) is 0 Å². The lowest BCUT2D eigenvalue weighted by Crippen LogP contribution is -2.25. The van der Waals surface area contributed by atoms with Crippen LogP contribution in [0.2, 0.25) is 0 Å². The summed E-state index contributed by atoms with van der Waals surface area (Å²) >= 11 is 0. The highest BCUT2D eigenvalue weighted by Gasteiger charge is 2.25. The van der Waals surface area contributed by atoms with Crippen LogP contribution < -0.4 is 10.6 Å². The van der Waals surface area contributed by atoms with Crippen molar-refractivity contribution < 1.29 is 4.79 Å². The first-order valence-electron chi connectivity index (χ1n) is 7.88. The van der Waals surface area contributed by atoms with Crippen LogP contribution in [0, 0.1) is 5.92 Å². The maximum atomic E-state index is 11.5. The van der Waals surface area contributed by atoms with Crippen LogP contribution in [-0.2, 0) is 11.2 Å². The number of carbonyl (C=O) groups excluding carboxylic acids is 1. The van der Waals surface area contributed by atoms with Crippen LogP contribution in [0.4, 0.5) is 5.69 Å². The molecule has 1 saturated carbocycles. The number of nitrogens with one attached hydrogen (secondary N) is 2. The third kappa shape index (κ3) is 2.73. The minimum absolute atomic E-state index is 0.118. The fraction of sp³-hybridized carbons (Fsp3) is 0.588. The molecule has 2 aliphatic rings. The lowest BCUT2D eigenvalue weighted by Gasteiger charge is -2.26. The minimum atomic E-state index is 0.118. The molecule has 3 heteroatoms. The van der Waals surface area contributed by atoms with Gasteiger partial charge < -0.3 is 10.6 Å². The zero-order valence-electron chi connectivity index (χ0n) is 12.2. The van der Waals surface area contributed by atoms with E-state index in [-0.39, 0.29) is 5.91 Å². The minimum Gasteiger partial charge on any atom is -0.326 e. The van der Waals surface area contributed by atoms with Crippen LogP contribution in [0.5, 0.6) is 0 Å². The van der Waals surface area contributed by atoms with Crippen molar-refractivity contribution in [2.75, 3.05) is 12.4 Å². The van der Waals surface area contributed by atoms with Crippen molar-refractivity contribution in [3.63, 3.8) is 0 Å². The zero-order chi connectivity index (χ0) is 13.9. The van der Waals surface area contributed by atoms with Crippen molar-refractivity contribution in [1.29, 1.82) is 0 Å². The number of rotatable bonds is 3. The quantitative estimate of drug-likeness (QED) is 0.828. The van der Waals surface area contributed by atoms with Crippen LogP contribution in [0.3, 0.4) is 0 Å². The first kappa shape index (κ1) is 13.6. The van der Waals surface area contributed by atoms with E-state index in [2.05, 4.69) is 35.9 Å². The highest BCUT2D eigenvalue weighted by Crippen LogP contribution is 2.35. The lowest BCUT2D eigenvalue weighted by atomic mass is 9.86. The highest BCUT2D eigenvalue weighted by atomic mass is 16.1. The third-order valence-electron chi connectivity index (χ3n) is 4.80. The number of benzene rings is 1. The molecule has 20 heavy (non-hydrogen) atoms. The van der Waals surface area contributed by atoms with E-state index in [4.69, 9.17) is 0 Å². The Morgan fingerprint density at radius 2 is 1.95 bits per heavy atom. The highest BCUT2D eigenvalue weighted by molar-refractivity contribution is 5.99. The van der Waals surface area contributed by atoms with E-state index in [0.29, 0.717) is 12.5 Å². The summed E-state index contributed by atoms with van der Waals surface area (Å²) in [4.78, 5) is 11.5. The Balaban J connectivity index is 1.82. The molecular weight excluding hydrogens is 248 g/mol. The van der Waals surface area contributed by atoms with E-state index in [1.807, 2.05) is 0 Å². The summed E-state index contributed by atoms with van der Waals surface area (Å²) in [6, 6.07) is 6.89. The Labute approximate surface area is 121 Å². The van der Waals surface area contributed by atoms with E-state index in [1.54, 1.807) is 0 Å². The van der Waals surface area contributed by atoms with Gasteiger partial charge in [-0.25, -0.2) is 0 Å². The standard InChI is InChI=1S/C17H24N2O/c1-18-17(12-6-4-2-3-5-7-12)13-8-9-15-14(10-13)11-16(20)19-15/h8-10,12,17-18H,2-7,11H2,1H3,(H,19,20). The van der Waals surface area contributed by atoms with Crippen LogP contribution in [0.25, 0.3) is 0 Å². The summed E-state index contributed by atoms with van der Waals surface area (Å²) in [7, 11) is 2.06. The van der Waals surface area contributed by atoms with Crippen molar-refractivity contribution in [2.24, 2.45) is 5.92 Å². The Morgan fingerprint density at radius 3 is 2.65 bits per heavy atom.